The van der Waals surface area contributed by atoms with Crippen molar-refractivity contribution >= 4 is 29.7 Å². The Morgan fingerprint density at radius 2 is 2.12 bits per heavy atom. The van der Waals surface area contributed by atoms with Gasteiger partial charge in [0.05, 0.1) is 22.6 Å². The molecule has 0 aromatic heterocycles. The monoisotopic (exact) mass is 266 g/mol. The van der Waals surface area contributed by atoms with E-state index in [4.69, 9.17) is 17.3 Å². The Bertz CT molecular complexity index is 385. The Kier molecular flexibility index (Phi) is 5.67. The van der Waals surface area contributed by atoms with Crippen LogP contribution >= 0.6 is 24.0 Å². The topological polar surface area (TPSA) is 89.4 Å². The van der Waals surface area contributed by atoms with Crippen LogP contribution in [0.15, 0.2) is 18.2 Å². The molecule has 2 atom stereocenters. The van der Waals surface area contributed by atoms with Crippen molar-refractivity contribution in [1.82, 2.24) is 0 Å². The lowest BCUT2D eigenvalue weighted by atomic mass is 10.0. The number of halogens is 2. The number of benzene rings is 1. The summed E-state index contributed by atoms with van der Waals surface area (Å²) in [5, 5.41) is 20.3. The van der Waals surface area contributed by atoms with E-state index in [-0.39, 0.29) is 23.7 Å². The zero-order chi connectivity index (χ0) is 11.6. The van der Waals surface area contributed by atoms with Crippen molar-refractivity contribution in [3.8, 4) is 0 Å². The molecule has 0 radical (unpaired) electrons. The third-order valence-electron chi connectivity index (χ3n) is 2.07. The fraction of sp³-hybridized carbons (Fsp3) is 0.333. The number of rotatable bonds is 3. The summed E-state index contributed by atoms with van der Waals surface area (Å²) >= 11 is 5.71. The smallest absolute Gasteiger partial charge is 0.274 e. The summed E-state index contributed by atoms with van der Waals surface area (Å²) in [6.07, 6.45) is -0.873. The van der Waals surface area contributed by atoms with Crippen molar-refractivity contribution in [2.24, 2.45) is 5.73 Å². The molecule has 0 bridgehead atoms. The van der Waals surface area contributed by atoms with Gasteiger partial charge < -0.3 is 10.8 Å². The number of nitrogens with two attached hydrogens (primary N) is 1. The minimum atomic E-state index is -0.873. The third-order valence-corrected chi connectivity index (χ3v) is 2.30. The van der Waals surface area contributed by atoms with E-state index in [0.29, 0.717) is 5.02 Å². The van der Waals surface area contributed by atoms with E-state index in [2.05, 4.69) is 0 Å². The van der Waals surface area contributed by atoms with Gasteiger partial charge in [0.25, 0.3) is 5.69 Å². The Balaban J connectivity index is 0.00000225. The molecule has 0 aliphatic carbocycles. The van der Waals surface area contributed by atoms with Crippen LogP contribution in [0.25, 0.3) is 0 Å². The number of nitrogens with zero attached hydrogens (tertiary/aromatic N) is 1. The molecule has 1 aromatic carbocycles. The Labute approximate surface area is 104 Å². The second-order valence-corrected chi connectivity index (χ2v) is 3.66. The Hall–Kier alpha value is -0.880. The van der Waals surface area contributed by atoms with Crippen LogP contribution in [0.5, 0.6) is 0 Å². The Morgan fingerprint density at radius 1 is 1.56 bits per heavy atom. The molecule has 0 saturated heterocycles. The van der Waals surface area contributed by atoms with E-state index in [1.807, 2.05) is 0 Å². The number of nitro groups is 1. The summed E-state index contributed by atoms with van der Waals surface area (Å²) in [4.78, 5) is 10.1. The van der Waals surface area contributed by atoms with Crippen molar-refractivity contribution in [2.45, 2.75) is 19.1 Å². The highest BCUT2D eigenvalue weighted by Gasteiger charge is 2.22. The molecule has 3 N–H and O–H groups in total. The third kappa shape index (κ3) is 3.31. The van der Waals surface area contributed by atoms with E-state index < -0.39 is 17.1 Å². The first-order chi connectivity index (χ1) is 6.93. The zero-order valence-electron chi connectivity index (χ0n) is 8.46. The predicted octanol–water partition coefficient (Wildman–Crippen LogP) is 2.05. The normalized spacial score (nSPS) is 13.8. The van der Waals surface area contributed by atoms with Gasteiger partial charge in [0.2, 0.25) is 0 Å². The van der Waals surface area contributed by atoms with Gasteiger partial charge in [-0.15, -0.1) is 12.4 Å². The van der Waals surface area contributed by atoms with Crippen molar-refractivity contribution in [2.75, 3.05) is 0 Å². The largest absolute Gasteiger partial charge is 0.391 e. The van der Waals surface area contributed by atoms with E-state index >= 15 is 0 Å². The number of hydrogen-bond donors (Lipinski definition) is 2. The summed E-state index contributed by atoms with van der Waals surface area (Å²) in [6.45, 7) is 1.47. The van der Waals surface area contributed by atoms with Crippen molar-refractivity contribution in [3.05, 3.63) is 38.9 Å². The van der Waals surface area contributed by atoms with Crippen LogP contribution in [0.4, 0.5) is 5.69 Å². The molecule has 5 nitrogen and oxygen atoms in total. The first-order valence-corrected chi connectivity index (χ1v) is 4.68. The molecule has 7 heteroatoms. The van der Waals surface area contributed by atoms with E-state index in [1.165, 1.54) is 25.1 Å². The second-order valence-electron chi connectivity index (χ2n) is 3.23. The molecule has 0 fully saturated rings. The second kappa shape index (κ2) is 6.00. The number of aliphatic hydroxyl groups excluding tert-OH is 1. The summed E-state index contributed by atoms with van der Waals surface area (Å²) < 4.78 is 0. The highest BCUT2D eigenvalue weighted by molar-refractivity contribution is 6.30. The molecule has 0 aliphatic heterocycles. The summed E-state index contributed by atoms with van der Waals surface area (Å²) in [7, 11) is 0. The Morgan fingerprint density at radius 3 is 2.56 bits per heavy atom. The standard InChI is InChI=1S/C9H11ClN2O3.ClH/c1-5(13)9(11)7-4-6(10)2-3-8(7)12(14)15;/h2-5,9,13H,11H2,1H3;1H/t5-,9-;/m0./s1. The van der Waals surface area contributed by atoms with E-state index in [0.717, 1.165) is 0 Å². The lowest BCUT2D eigenvalue weighted by Crippen LogP contribution is -2.24. The molecule has 0 unspecified atom stereocenters. The van der Waals surface area contributed by atoms with Gasteiger partial charge >= 0.3 is 0 Å². The van der Waals surface area contributed by atoms with Crippen LogP contribution in [-0.2, 0) is 0 Å². The predicted molar refractivity (Wildman–Crippen MR) is 64.0 cm³/mol. The zero-order valence-corrected chi connectivity index (χ0v) is 10.0. The van der Waals surface area contributed by atoms with Crippen LogP contribution in [-0.4, -0.2) is 16.1 Å². The molecular weight excluding hydrogens is 255 g/mol. The molecule has 16 heavy (non-hydrogen) atoms. The first kappa shape index (κ1) is 15.1. The van der Waals surface area contributed by atoms with Crippen molar-refractivity contribution in [1.29, 1.82) is 0 Å². The minimum Gasteiger partial charge on any atom is -0.391 e. The van der Waals surface area contributed by atoms with E-state index in [1.54, 1.807) is 0 Å². The average Bonchev–Trinajstić information content (AvgIpc) is 2.15. The summed E-state index contributed by atoms with van der Waals surface area (Å²) in [6, 6.07) is 3.28. The molecule has 0 amide bonds. The molecule has 0 aliphatic rings. The van der Waals surface area contributed by atoms with Crippen molar-refractivity contribution < 1.29 is 10.0 Å². The summed E-state index contributed by atoms with van der Waals surface area (Å²) in [5.74, 6) is 0. The maximum absolute atomic E-state index is 10.7. The fourth-order valence-corrected chi connectivity index (χ4v) is 1.40. The van der Waals surface area contributed by atoms with Gasteiger partial charge in [0.15, 0.2) is 0 Å². The number of hydrogen-bond acceptors (Lipinski definition) is 4. The van der Waals surface area contributed by atoms with Crippen LogP contribution in [0.1, 0.15) is 18.5 Å². The minimum absolute atomic E-state index is 0. The summed E-state index contributed by atoms with van der Waals surface area (Å²) in [5.41, 5.74) is 5.74. The van der Waals surface area contributed by atoms with Gasteiger partial charge in [-0.2, -0.15) is 0 Å². The lowest BCUT2D eigenvalue weighted by Gasteiger charge is -2.15. The van der Waals surface area contributed by atoms with Gasteiger partial charge in [-0.05, 0) is 19.1 Å². The SMILES string of the molecule is C[C@H](O)[C@H](N)c1cc(Cl)ccc1[N+](=O)[O-].Cl. The molecule has 0 heterocycles. The van der Waals surface area contributed by atoms with E-state index in [9.17, 15) is 15.2 Å². The first-order valence-electron chi connectivity index (χ1n) is 4.31. The fourth-order valence-electron chi connectivity index (χ4n) is 1.22. The molecule has 1 aromatic rings. The molecule has 90 valence electrons. The average molecular weight is 267 g/mol. The van der Waals surface area contributed by atoms with Crippen LogP contribution in [0.3, 0.4) is 0 Å². The van der Waals surface area contributed by atoms with Crippen molar-refractivity contribution in [3.63, 3.8) is 0 Å². The van der Waals surface area contributed by atoms with Crippen LogP contribution < -0.4 is 5.73 Å². The molecule has 0 spiro atoms. The van der Waals surface area contributed by atoms with Gasteiger partial charge in [0, 0.05) is 11.1 Å². The van der Waals surface area contributed by atoms with Gasteiger partial charge in [-0.25, -0.2) is 0 Å². The lowest BCUT2D eigenvalue weighted by molar-refractivity contribution is -0.385. The highest BCUT2D eigenvalue weighted by Crippen LogP contribution is 2.28. The van der Waals surface area contributed by atoms with Crippen LogP contribution in [0.2, 0.25) is 5.02 Å². The molecular formula is C9H12Cl2N2O3. The quantitative estimate of drug-likeness (QED) is 0.647. The highest BCUT2D eigenvalue weighted by atomic mass is 35.5. The molecule has 0 saturated carbocycles. The molecule has 1 rings (SSSR count). The maximum atomic E-state index is 10.7. The van der Waals surface area contributed by atoms with Crippen LogP contribution in [0, 0.1) is 10.1 Å². The number of aliphatic hydroxyl groups is 1. The maximum Gasteiger partial charge on any atom is 0.274 e. The van der Waals surface area contributed by atoms with Gasteiger partial charge in [0.1, 0.15) is 0 Å². The number of nitro benzene ring substituents is 1. The van der Waals surface area contributed by atoms with Gasteiger partial charge in [-0.3, -0.25) is 10.1 Å². The van der Waals surface area contributed by atoms with Gasteiger partial charge in [-0.1, -0.05) is 11.6 Å².